The molecule has 0 saturated heterocycles. The topological polar surface area (TPSA) is 76.0 Å². The molecule has 0 aliphatic carbocycles. The van der Waals surface area contributed by atoms with Gasteiger partial charge in [0.1, 0.15) is 18.1 Å². The van der Waals surface area contributed by atoms with Crippen LogP contribution in [-0.4, -0.2) is 29.9 Å². The fourth-order valence-corrected chi connectivity index (χ4v) is 2.96. The number of ether oxygens (including phenoxy) is 2. The van der Waals surface area contributed by atoms with E-state index in [1.165, 1.54) is 13.2 Å². The molecule has 2 N–H and O–H groups in total. The molecule has 1 aliphatic rings. The van der Waals surface area contributed by atoms with Crippen molar-refractivity contribution in [2.75, 3.05) is 13.7 Å². The molecule has 0 bridgehead atoms. The van der Waals surface area contributed by atoms with Gasteiger partial charge in [-0.25, -0.2) is 4.79 Å². The number of benzene rings is 2. The maximum absolute atomic E-state index is 11.5. The van der Waals surface area contributed by atoms with Crippen molar-refractivity contribution in [2.45, 2.75) is 12.8 Å². The lowest BCUT2D eigenvalue weighted by atomic mass is 10.00. The number of methoxy groups -OCH3 is 1. The summed E-state index contributed by atoms with van der Waals surface area (Å²) in [7, 11) is 1.36. The second-order valence-electron chi connectivity index (χ2n) is 6.43. The maximum atomic E-state index is 11.5. The summed E-state index contributed by atoms with van der Waals surface area (Å²) in [6.07, 6.45) is 2.70. The standard InChI is InChI=1S/C23H22O5/c1-15-13-20(14-24)28-21(22(15)25)12-5-16-3-6-17(7-4-16)18-8-10-19(11-9-18)23(26)27-2/h3-4,6-11,13,24-25H,1,5,12,14H2,2H3. The quantitative estimate of drug-likeness (QED) is 0.733. The van der Waals surface area contributed by atoms with Crippen molar-refractivity contribution in [1.29, 1.82) is 0 Å². The number of esters is 1. The number of hydrogen-bond acceptors (Lipinski definition) is 5. The Balaban J connectivity index is 1.66. The van der Waals surface area contributed by atoms with Gasteiger partial charge < -0.3 is 19.7 Å². The maximum Gasteiger partial charge on any atom is 0.337 e. The highest BCUT2D eigenvalue weighted by atomic mass is 16.5. The van der Waals surface area contributed by atoms with Crippen LogP contribution in [0.2, 0.25) is 0 Å². The van der Waals surface area contributed by atoms with Gasteiger partial charge in [0.2, 0.25) is 0 Å². The van der Waals surface area contributed by atoms with E-state index in [1.807, 2.05) is 36.4 Å². The summed E-state index contributed by atoms with van der Waals surface area (Å²) in [6, 6.07) is 15.3. The van der Waals surface area contributed by atoms with Gasteiger partial charge in [-0.15, -0.1) is 0 Å². The first-order chi connectivity index (χ1) is 13.5. The third kappa shape index (κ3) is 4.32. The number of hydrogen-bond donors (Lipinski definition) is 2. The van der Waals surface area contributed by atoms with Crippen LogP contribution in [0.25, 0.3) is 11.1 Å². The summed E-state index contributed by atoms with van der Waals surface area (Å²) in [6.45, 7) is 3.53. The molecule has 5 nitrogen and oxygen atoms in total. The van der Waals surface area contributed by atoms with Crippen molar-refractivity contribution in [3.05, 3.63) is 95.2 Å². The fraction of sp³-hybridized carbons (Fsp3) is 0.174. The number of rotatable bonds is 6. The predicted octanol–water partition coefficient (Wildman–Crippen LogP) is 4.31. The highest BCUT2D eigenvalue weighted by molar-refractivity contribution is 5.89. The van der Waals surface area contributed by atoms with Crippen molar-refractivity contribution in [3.8, 4) is 11.1 Å². The molecule has 2 aromatic carbocycles. The largest absolute Gasteiger partial charge is 0.504 e. The molecular formula is C23H22O5. The molecule has 0 aromatic heterocycles. The number of carbonyl (C=O) groups is 1. The molecule has 144 valence electrons. The highest BCUT2D eigenvalue weighted by Gasteiger charge is 2.17. The van der Waals surface area contributed by atoms with Crippen molar-refractivity contribution in [1.82, 2.24) is 0 Å². The average molecular weight is 378 g/mol. The molecule has 1 heterocycles. The van der Waals surface area contributed by atoms with Gasteiger partial charge in [-0.3, -0.25) is 0 Å². The molecule has 0 atom stereocenters. The Morgan fingerprint density at radius 2 is 1.64 bits per heavy atom. The Bertz CT molecular complexity index is 934. The van der Waals surface area contributed by atoms with Gasteiger partial charge in [0.05, 0.1) is 12.7 Å². The number of carbonyl (C=O) groups excluding carboxylic acids is 1. The molecule has 0 fully saturated rings. The second-order valence-corrected chi connectivity index (χ2v) is 6.43. The molecule has 1 aliphatic heterocycles. The zero-order valence-electron chi connectivity index (χ0n) is 15.6. The van der Waals surface area contributed by atoms with Crippen molar-refractivity contribution in [2.24, 2.45) is 0 Å². The summed E-state index contributed by atoms with van der Waals surface area (Å²) in [4.78, 5) is 11.5. The Labute approximate surface area is 163 Å². The van der Waals surface area contributed by atoms with E-state index in [0.717, 1.165) is 16.7 Å². The first-order valence-electron chi connectivity index (χ1n) is 8.90. The van der Waals surface area contributed by atoms with Gasteiger partial charge in [0.25, 0.3) is 0 Å². The molecule has 0 amide bonds. The fourth-order valence-electron chi connectivity index (χ4n) is 2.96. The minimum absolute atomic E-state index is 0.0273. The highest BCUT2D eigenvalue weighted by Crippen LogP contribution is 2.27. The summed E-state index contributed by atoms with van der Waals surface area (Å²) >= 11 is 0. The zero-order valence-corrected chi connectivity index (χ0v) is 15.6. The van der Waals surface area contributed by atoms with Crippen molar-refractivity contribution >= 4 is 5.97 Å². The first-order valence-corrected chi connectivity index (χ1v) is 8.90. The lowest BCUT2D eigenvalue weighted by Gasteiger charge is -2.19. The van der Waals surface area contributed by atoms with Gasteiger partial charge in [0.15, 0.2) is 5.76 Å². The third-order valence-corrected chi connectivity index (χ3v) is 4.55. The van der Waals surface area contributed by atoms with Gasteiger partial charge >= 0.3 is 5.97 Å². The van der Waals surface area contributed by atoms with E-state index >= 15 is 0 Å². The van der Waals surface area contributed by atoms with Crippen LogP contribution >= 0.6 is 0 Å². The van der Waals surface area contributed by atoms with Crippen LogP contribution < -0.4 is 0 Å². The Hall–Kier alpha value is -3.31. The van der Waals surface area contributed by atoms with Gasteiger partial charge in [0, 0.05) is 12.0 Å². The van der Waals surface area contributed by atoms with E-state index in [1.54, 1.807) is 12.1 Å². The van der Waals surface area contributed by atoms with E-state index in [9.17, 15) is 15.0 Å². The average Bonchev–Trinajstić information content (AvgIpc) is 2.74. The number of aliphatic hydroxyl groups excluding tert-OH is 2. The molecule has 2 aromatic rings. The number of allylic oxidation sites excluding steroid dienone is 2. The summed E-state index contributed by atoms with van der Waals surface area (Å²) in [5.41, 5.74) is 4.08. The van der Waals surface area contributed by atoms with Crippen molar-refractivity contribution in [3.63, 3.8) is 0 Å². The number of aryl methyl sites for hydroxylation is 1. The minimum atomic E-state index is -0.355. The summed E-state index contributed by atoms with van der Waals surface area (Å²) in [5.74, 6) is 0.466. The minimum Gasteiger partial charge on any atom is -0.504 e. The Kier molecular flexibility index (Phi) is 5.96. The molecule has 5 heteroatoms. The van der Waals surface area contributed by atoms with Crippen molar-refractivity contribution < 1.29 is 24.5 Å². The van der Waals surface area contributed by atoms with E-state index in [4.69, 9.17) is 9.47 Å². The molecular weight excluding hydrogens is 356 g/mol. The van der Waals surface area contributed by atoms with Crippen LogP contribution in [0.3, 0.4) is 0 Å². The van der Waals surface area contributed by atoms with Crippen LogP contribution in [0.5, 0.6) is 0 Å². The van der Waals surface area contributed by atoms with Gasteiger partial charge in [-0.2, -0.15) is 0 Å². The van der Waals surface area contributed by atoms with Crippen LogP contribution in [0.15, 0.2) is 84.0 Å². The van der Waals surface area contributed by atoms with E-state index in [2.05, 4.69) is 6.58 Å². The second kappa shape index (κ2) is 8.59. The molecule has 0 unspecified atom stereocenters. The van der Waals surface area contributed by atoms with Crippen LogP contribution in [-0.2, 0) is 15.9 Å². The van der Waals surface area contributed by atoms with E-state index < -0.39 is 0 Å². The summed E-state index contributed by atoms with van der Waals surface area (Å²) < 4.78 is 10.2. The Morgan fingerprint density at radius 3 is 2.21 bits per heavy atom. The predicted molar refractivity (Wildman–Crippen MR) is 107 cm³/mol. The normalized spacial score (nSPS) is 13.8. The molecule has 3 rings (SSSR count). The summed E-state index contributed by atoms with van der Waals surface area (Å²) in [5, 5.41) is 19.3. The van der Waals surface area contributed by atoms with Crippen LogP contribution in [0.4, 0.5) is 0 Å². The third-order valence-electron chi connectivity index (χ3n) is 4.55. The number of aliphatic hydroxyl groups is 2. The monoisotopic (exact) mass is 378 g/mol. The zero-order chi connectivity index (χ0) is 20.1. The first kappa shape index (κ1) is 19.5. The Morgan fingerprint density at radius 1 is 1.04 bits per heavy atom. The lowest BCUT2D eigenvalue weighted by molar-refractivity contribution is 0.0600. The van der Waals surface area contributed by atoms with E-state index in [0.29, 0.717) is 35.5 Å². The van der Waals surface area contributed by atoms with Crippen LogP contribution in [0, 0.1) is 0 Å². The molecule has 0 radical (unpaired) electrons. The SMILES string of the molecule is C=C1C=C(CO)OC(CCc2ccc(-c3ccc(C(=O)OC)cc3)cc2)=C1O. The molecule has 0 spiro atoms. The van der Waals surface area contributed by atoms with Gasteiger partial charge in [-0.1, -0.05) is 43.0 Å². The molecule has 0 saturated carbocycles. The molecule has 28 heavy (non-hydrogen) atoms. The van der Waals surface area contributed by atoms with Gasteiger partial charge in [-0.05, 0) is 41.3 Å². The van der Waals surface area contributed by atoms with Crippen LogP contribution in [0.1, 0.15) is 22.3 Å². The smallest absolute Gasteiger partial charge is 0.337 e. The van der Waals surface area contributed by atoms with E-state index in [-0.39, 0.29) is 18.3 Å². The lowest BCUT2D eigenvalue weighted by Crippen LogP contribution is -2.08.